The zero-order valence-electron chi connectivity index (χ0n) is 12.5. The number of piperidine rings is 1. The summed E-state index contributed by atoms with van der Waals surface area (Å²) in [5.41, 5.74) is 0.711. The van der Waals surface area contributed by atoms with Crippen molar-refractivity contribution >= 4 is 17.5 Å². The van der Waals surface area contributed by atoms with Crippen molar-refractivity contribution in [3.8, 4) is 0 Å². The van der Waals surface area contributed by atoms with E-state index < -0.39 is 12.2 Å². The zero-order chi connectivity index (χ0) is 15.7. The third-order valence-electron chi connectivity index (χ3n) is 5.34. The summed E-state index contributed by atoms with van der Waals surface area (Å²) in [6, 6.07) is 7.59. The molecule has 22 heavy (non-hydrogen) atoms. The molecular formula is C17H22ClNO3. The number of carbonyl (C=O) groups excluding carboxylic acids is 1. The molecule has 120 valence electrons. The van der Waals surface area contributed by atoms with Gasteiger partial charge in [-0.05, 0) is 37.0 Å². The summed E-state index contributed by atoms with van der Waals surface area (Å²) in [5.74, 6) is 0.137. The molecule has 0 radical (unpaired) electrons. The predicted molar refractivity (Wildman–Crippen MR) is 84.7 cm³/mol. The SMILES string of the molecule is O=C(CCc1cccc(Cl)c1)N1CCC2(CC1)C(O)CC2O. The molecule has 2 N–H and O–H groups in total. The van der Waals surface area contributed by atoms with Crippen LogP contribution < -0.4 is 0 Å². The zero-order valence-corrected chi connectivity index (χ0v) is 13.3. The number of nitrogens with zero attached hydrogens (tertiary/aromatic N) is 1. The summed E-state index contributed by atoms with van der Waals surface area (Å²) in [7, 11) is 0. The van der Waals surface area contributed by atoms with E-state index in [1.165, 1.54) is 0 Å². The van der Waals surface area contributed by atoms with Gasteiger partial charge in [-0.3, -0.25) is 4.79 Å². The first-order valence-electron chi connectivity index (χ1n) is 7.89. The first-order chi connectivity index (χ1) is 10.5. The molecule has 0 bridgehead atoms. The van der Waals surface area contributed by atoms with Crippen molar-refractivity contribution in [2.45, 2.75) is 44.3 Å². The molecule has 1 amide bonds. The van der Waals surface area contributed by atoms with Crippen LogP contribution in [0, 0.1) is 5.41 Å². The topological polar surface area (TPSA) is 60.8 Å². The summed E-state index contributed by atoms with van der Waals surface area (Å²) in [4.78, 5) is 14.2. The van der Waals surface area contributed by atoms with Gasteiger partial charge in [0.05, 0.1) is 12.2 Å². The van der Waals surface area contributed by atoms with Gasteiger partial charge in [-0.1, -0.05) is 23.7 Å². The number of aliphatic hydroxyl groups excluding tert-OH is 2. The lowest BCUT2D eigenvalue weighted by molar-refractivity contribution is -0.191. The molecular weight excluding hydrogens is 302 g/mol. The van der Waals surface area contributed by atoms with Crippen LogP contribution in [-0.2, 0) is 11.2 Å². The van der Waals surface area contributed by atoms with Crippen molar-refractivity contribution in [3.63, 3.8) is 0 Å². The number of hydrogen-bond acceptors (Lipinski definition) is 3. The standard InChI is InChI=1S/C17H22ClNO3/c18-13-3-1-2-12(10-13)4-5-16(22)19-8-6-17(7-9-19)14(20)11-15(17)21/h1-3,10,14-15,20-21H,4-9,11H2. The normalized spacial score (nSPS) is 26.8. The van der Waals surface area contributed by atoms with Crippen molar-refractivity contribution in [1.82, 2.24) is 4.90 Å². The molecule has 1 saturated carbocycles. The van der Waals surface area contributed by atoms with Gasteiger partial charge < -0.3 is 15.1 Å². The van der Waals surface area contributed by atoms with Crippen molar-refractivity contribution in [2.24, 2.45) is 5.41 Å². The average Bonchev–Trinajstić information content (AvgIpc) is 2.53. The Kier molecular flexibility index (Phi) is 4.44. The minimum Gasteiger partial charge on any atom is -0.392 e. The van der Waals surface area contributed by atoms with Crippen LogP contribution in [0.15, 0.2) is 24.3 Å². The number of carbonyl (C=O) groups is 1. The summed E-state index contributed by atoms with van der Waals surface area (Å²) in [6.07, 6.45) is 2.20. The lowest BCUT2D eigenvalue weighted by Crippen LogP contribution is -2.61. The van der Waals surface area contributed by atoms with Crippen LogP contribution >= 0.6 is 11.6 Å². The highest BCUT2D eigenvalue weighted by Crippen LogP contribution is 2.49. The van der Waals surface area contributed by atoms with Gasteiger partial charge in [-0.15, -0.1) is 0 Å². The van der Waals surface area contributed by atoms with Crippen LogP contribution in [0.4, 0.5) is 0 Å². The number of rotatable bonds is 3. The molecule has 1 spiro atoms. The Morgan fingerprint density at radius 3 is 2.55 bits per heavy atom. The fourth-order valence-electron chi connectivity index (χ4n) is 3.68. The van der Waals surface area contributed by atoms with E-state index in [2.05, 4.69) is 0 Å². The Morgan fingerprint density at radius 2 is 1.95 bits per heavy atom. The second kappa shape index (κ2) is 6.19. The van der Waals surface area contributed by atoms with E-state index in [-0.39, 0.29) is 11.3 Å². The van der Waals surface area contributed by atoms with Gasteiger partial charge in [0.2, 0.25) is 5.91 Å². The fourth-order valence-corrected chi connectivity index (χ4v) is 3.90. The monoisotopic (exact) mass is 323 g/mol. The first-order valence-corrected chi connectivity index (χ1v) is 8.27. The van der Waals surface area contributed by atoms with Crippen LogP contribution in [-0.4, -0.2) is 46.3 Å². The van der Waals surface area contributed by atoms with Gasteiger partial charge in [0, 0.05) is 36.4 Å². The van der Waals surface area contributed by atoms with E-state index in [9.17, 15) is 15.0 Å². The van der Waals surface area contributed by atoms with Crippen molar-refractivity contribution in [3.05, 3.63) is 34.9 Å². The van der Waals surface area contributed by atoms with E-state index in [1.807, 2.05) is 29.2 Å². The van der Waals surface area contributed by atoms with Crippen LogP contribution in [0.1, 0.15) is 31.2 Å². The maximum Gasteiger partial charge on any atom is 0.222 e. The fraction of sp³-hybridized carbons (Fsp3) is 0.588. The molecule has 1 aliphatic carbocycles. The Labute approximate surface area is 135 Å². The summed E-state index contributed by atoms with van der Waals surface area (Å²) in [5, 5.41) is 20.5. The summed E-state index contributed by atoms with van der Waals surface area (Å²) in [6.45, 7) is 1.25. The molecule has 0 aromatic heterocycles. The summed E-state index contributed by atoms with van der Waals surface area (Å²) < 4.78 is 0. The Balaban J connectivity index is 1.50. The first kappa shape index (κ1) is 15.8. The van der Waals surface area contributed by atoms with E-state index in [4.69, 9.17) is 11.6 Å². The van der Waals surface area contributed by atoms with Crippen LogP contribution in [0.25, 0.3) is 0 Å². The predicted octanol–water partition coefficient (Wildman–Crippen LogP) is 2.01. The molecule has 4 nitrogen and oxygen atoms in total. The second-order valence-corrected chi connectivity index (χ2v) is 6.95. The number of benzene rings is 1. The Bertz CT molecular complexity index is 545. The molecule has 1 aromatic rings. The smallest absolute Gasteiger partial charge is 0.222 e. The molecule has 2 unspecified atom stereocenters. The molecule has 2 aliphatic rings. The van der Waals surface area contributed by atoms with E-state index >= 15 is 0 Å². The van der Waals surface area contributed by atoms with Crippen LogP contribution in [0.3, 0.4) is 0 Å². The van der Waals surface area contributed by atoms with Crippen molar-refractivity contribution < 1.29 is 15.0 Å². The lowest BCUT2D eigenvalue weighted by atomic mass is 9.58. The maximum absolute atomic E-state index is 12.3. The molecule has 1 aromatic carbocycles. The largest absolute Gasteiger partial charge is 0.392 e. The number of halogens is 1. The van der Waals surface area contributed by atoms with Gasteiger partial charge in [0.1, 0.15) is 0 Å². The maximum atomic E-state index is 12.3. The second-order valence-electron chi connectivity index (χ2n) is 6.51. The number of aryl methyl sites for hydroxylation is 1. The highest BCUT2D eigenvalue weighted by atomic mass is 35.5. The highest BCUT2D eigenvalue weighted by Gasteiger charge is 2.55. The highest BCUT2D eigenvalue weighted by molar-refractivity contribution is 6.30. The quantitative estimate of drug-likeness (QED) is 0.894. The number of aliphatic hydroxyl groups is 2. The van der Waals surface area contributed by atoms with E-state index in [0.29, 0.717) is 50.2 Å². The molecule has 1 aliphatic heterocycles. The van der Waals surface area contributed by atoms with Gasteiger partial charge in [-0.2, -0.15) is 0 Å². The van der Waals surface area contributed by atoms with E-state index in [1.54, 1.807) is 0 Å². The molecule has 2 atom stereocenters. The van der Waals surface area contributed by atoms with Crippen LogP contribution in [0.5, 0.6) is 0 Å². The average molecular weight is 324 g/mol. The molecule has 1 heterocycles. The third kappa shape index (κ3) is 2.87. The number of likely N-dealkylation sites (tertiary alicyclic amines) is 1. The Hall–Kier alpha value is -1.10. The van der Waals surface area contributed by atoms with Gasteiger partial charge in [-0.25, -0.2) is 0 Å². The minimum absolute atomic E-state index is 0.137. The third-order valence-corrected chi connectivity index (χ3v) is 5.57. The molecule has 2 fully saturated rings. The van der Waals surface area contributed by atoms with Crippen molar-refractivity contribution in [1.29, 1.82) is 0 Å². The lowest BCUT2D eigenvalue weighted by Gasteiger charge is -2.55. The molecule has 3 rings (SSSR count). The van der Waals surface area contributed by atoms with Gasteiger partial charge >= 0.3 is 0 Å². The molecule has 1 saturated heterocycles. The van der Waals surface area contributed by atoms with Crippen molar-refractivity contribution in [2.75, 3.05) is 13.1 Å². The van der Waals surface area contributed by atoms with Gasteiger partial charge in [0.15, 0.2) is 0 Å². The number of hydrogen-bond donors (Lipinski definition) is 2. The summed E-state index contributed by atoms with van der Waals surface area (Å²) >= 11 is 5.95. The minimum atomic E-state index is -0.411. The Morgan fingerprint density at radius 1 is 1.27 bits per heavy atom. The van der Waals surface area contributed by atoms with Crippen LogP contribution in [0.2, 0.25) is 5.02 Å². The van der Waals surface area contributed by atoms with Gasteiger partial charge in [0.25, 0.3) is 0 Å². The number of amides is 1. The molecule has 5 heteroatoms. The van der Waals surface area contributed by atoms with E-state index in [0.717, 1.165) is 5.56 Å².